The van der Waals surface area contributed by atoms with Crippen molar-refractivity contribution in [3.8, 4) is 11.4 Å². The average Bonchev–Trinajstić information content (AvgIpc) is 2.97. The summed E-state index contributed by atoms with van der Waals surface area (Å²) in [5.41, 5.74) is 1.44. The molecule has 0 spiro atoms. The zero-order chi connectivity index (χ0) is 19.2. The first-order valence-electron chi connectivity index (χ1n) is 8.35. The molecule has 8 nitrogen and oxygen atoms in total. The minimum absolute atomic E-state index is 0.253. The Hall–Kier alpha value is -3.13. The molecule has 0 atom stereocenters. The molecule has 0 saturated heterocycles. The smallest absolute Gasteiger partial charge is 0.336 e. The number of aromatic nitrogens is 4. The summed E-state index contributed by atoms with van der Waals surface area (Å²) in [5.74, 6) is 0.528. The van der Waals surface area contributed by atoms with Crippen molar-refractivity contribution in [3.63, 3.8) is 0 Å². The quantitative estimate of drug-likeness (QED) is 0.675. The Bertz CT molecular complexity index is 966. The van der Waals surface area contributed by atoms with Gasteiger partial charge in [0.1, 0.15) is 0 Å². The highest BCUT2D eigenvalue weighted by atomic mass is 35.5. The Morgan fingerprint density at radius 2 is 1.96 bits per heavy atom. The molecule has 0 radical (unpaired) electrons. The van der Waals surface area contributed by atoms with Gasteiger partial charge in [0.05, 0.1) is 6.54 Å². The summed E-state index contributed by atoms with van der Waals surface area (Å²) in [5, 5.41) is 10.4. The number of carbonyl (C=O) groups excluding carboxylic acids is 1. The van der Waals surface area contributed by atoms with E-state index in [1.54, 1.807) is 37.6 Å². The first-order chi connectivity index (χ1) is 13.0. The van der Waals surface area contributed by atoms with Gasteiger partial charge < -0.3 is 10.6 Å². The first kappa shape index (κ1) is 18.7. The van der Waals surface area contributed by atoms with Gasteiger partial charge in [0, 0.05) is 43.1 Å². The van der Waals surface area contributed by atoms with E-state index < -0.39 is 0 Å². The zero-order valence-corrected chi connectivity index (χ0v) is 15.5. The molecule has 140 valence electrons. The minimum atomic E-state index is -0.318. The molecule has 3 aromatic rings. The number of amides is 2. The van der Waals surface area contributed by atoms with Crippen LogP contribution in [0, 0.1) is 0 Å². The Morgan fingerprint density at radius 3 is 2.67 bits per heavy atom. The van der Waals surface area contributed by atoms with E-state index in [1.807, 2.05) is 18.2 Å². The van der Waals surface area contributed by atoms with Crippen molar-refractivity contribution in [1.82, 2.24) is 30.0 Å². The van der Waals surface area contributed by atoms with E-state index in [1.165, 1.54) is 9.25 Å². The highest BCUT2D eigenvalue weighted by Crippen LogP contribution is 2.12. The third kappa shape index (κ3) is 4.73. The maximum Gasteiger partial charge on any atom is 0.345 e. The SMILES string of the molecule is Cn1c(-c2cccnc2)nn(CCNC(=O)NCc2ccc(Cl)cc2)c1=O. The third-order valence-corrected chi connectivity index (χ3v) is 4.19. The number of carbonyl (C=O) groups is 1. The van der Waals surface area contributed by atoms with Gasteiger partial charge in [0.15, 0.2) is 5.82 Å². The molecule has 2 amide bonds. The van der Waals surface area contributed by atoms with Gasteiger partial charge in [-0.1, -0.05) is 23.7 Å². The Balaban J connectivity index is 1.52. The number of hydrogen-bond donors (Lipinski definition) is 2. The third-order valence-electron chi connectivity index (χ3n) is 3.94. The fourth-order valence-corrected chi connectivity index (χ4v) is 2.63. The molecular weight excluding hydrogens is 368 g/mol. The zero-order valence-electron chi connectivity index (χ0n) is 14.7. The van der Waals surface area contributed by atoms with Crippen LogP contribution in [-0.4, -0.2) is 31.9 Å². The molecule has 2 heterocycles. The van der Waals surface area contributed by atoms with Crippen molar-refractivity contribution < 1.29 is 4.79 Å². The lowest BCUT2D eigenvalue weighted by atomic mass is 10.2. The van der Waals surface area contributed by atoms with Crippen molar-refractivity contribution in [2.75, 3.05) is 6.54 Å². The number of benzene rings is 1. The van der Waals surface area contributed by atoms with Crippen molar-refractivity contribution >= 4 is 17.6 Å². The van der Waals surface area contributed by atoms with Gasteiger partial charge in [-0.15, -0.1) is 5.10 Å². The minimum Gasteiger partial charge on any atom is -0.336 e. The standard InChI is InChI=1S/C18H19ClN6O2/c1-24-16(14-3-2-8-20-12-14)23-25(18(24)27)10-9-21-17(26)22-11-13-4-6-15(19)7-5-13/h2-8,12H,9-11H2,1H3,(H2,21,22,26). The number of nitrogens with zero attached hydrogens (tertiary/aromatic N) is 4. The number of urea groups is 1. The van der Waals surface area contributed by atoms with E-state index in [2.05, 4.69) is 20.7 Å². The average molecular weight is 387 g/mol. The Labute approximate surface area is 160 Å². The van der Waals surface area contributed by atoms with Crippen LogP contribution in [0.1, 0.15) is 5.56 Å². The van der Waals surface area contributed by atoms with Crippen molar-refractivity contribution in [1.29, 1.82) is 0 Å². The number of nitrogens with one attached hydrogen (secondary N) is 2. The molecule has 0 aliphatic heterocycles. The van der Waals surface area contributed by atoms with Gasteiger partial charge in [-0.3, -0.25) is 9.55 Å². The lowest BCUT2D eigenvalue weighted by molar-refractivity contribution is 0.240. The van der Waals surface area contributed by atoms with Gasteiger partial charge >= 0.3 is 11.7 Å². The Morgan fingerprint density at radius 1 is 1.19 bits per heavy atom. The Kier molecular flexibility index (Phi) is 5.87. The van der Waals surface area contributed by atoms with Gasteiger partial charge in [-0.2, -0.15) is 0 Å². The number of rotatable bonds is 6. The molecule has 0 fully saturated rings. The van der Waals surface area contributed by atoms with E-state index in [-0.39, 0.29) is 24.8 Å². The second-order valence-corrected chi connectivity index (χ2v) is 6.30. The number of pyridine rings is 1. The second kappa shape index (κ2) is 8.50. The molecule has 2 aromatic heterocycles. The number of halogens is 1. The van der Waals surface area contributed by atoms with Crippen LogP contribution in [-0.2, 0) is 20.1 Å². The topological polar surface area (TPSA) is 93.8 Å². The molecule has 0 aliphatic carbocycles. The normalized spacial score (nSPS) is 10.6. The molecule has 0 aliphatic rings. The maximum absolute atomic E-state index is 12.3. The number of hydrogen-bond acceptors (Lipinski definition) is 4. The maximum atomic E-state index is 12.3. The predicted octanol–water partition coefficient (Wildman–Crippen LogP) is 1.80. The predicted molar refractivity (Wildman–Crippen MR) is 102 cm³/mol. The van der Waals surface area contributed by atoms with Crippen LogP contribution in [0.5, 0.6) is 0 Å². The van der Waals surface area contributed by atoms with E-state index in [4.69, 9.17) is 11.6 Å². The molecular formula is C18H19ClN6O2. The molecule has 27 heavy (non-hydrogen) atoms. The van der Waals surface area contributed by atoms with Gasteiger partial charge in [-0.25, -0.2) is 14.3 Å². The monoisotopic (exact) mass is 386 g/mol. The van der Waals surface area contributed by atoms with Gasteiger partial charge in [-0.05, 0) is 29.8 Å². The molecule has 0 unspecified atom stereocenters. The molecule has 2 N–H and O–H groups in total. The van der Waals surface area contributed by atoms with Gasteiger partial charge in [0.2, 0.25) is 0 Å². The van der Waals surface area contributed by atoms with Crippen LogP contribution in [0.15, 0.2) is 53.6 Å². The summed E-state index contributed by atoms with van der Waals surface area (Å²) in [7, 11) is 1.65. The van der Waals surface area contributed by atoms with E-state index in [0.29, 0.717) is 17.4 Å². The molecule has 0 bridgehead atoms. The van der Waals surface area contributed by atoms with E-state index in [9.17, 15) is 9.59 Å². The molecule has 1 aromatic carbocycles. The van der Waals surface area contributed by atoms with E-state index >= 15 is 0 Å². The summed E-state index contributed by atoms with van der Waals surface area (Å²) in [6, 6.07) is 10.5. The lowest BCUT2D eigenvalue weighted by Gasteiger charge is -2.07. The van der Waals surface area contributed by atoms with Crippen molar-refractivity contribution in [2.24, 2.45) is 7.05 Å². The summed E-state index contributed by atoms with van der Waals surface area (Å²) >= 11 is 5.83. The molecule has 9 heteroatoms. The largest absolute Gasteiger partial charge is 0.345 e. The van der Waals surface area contributed by atoms with Crippen LogP contribution >= 0.6 is 11.6 Å². The summed E-state index contributed by atoms with van der Waals surface area (Å²) in [6.45, 7) is 0.925. The van der Waals surface area contributed by atoms with Crippen LogP contribution in [0.25, 0.3) is 11.4 Å². The van der Waals surface area contributed by atoms with Gasteiger partial charge in [0.25, 0.3) is 0 Å². The summed E-state index contributed by atoms with van der Waals surface area (Å²) < 4.78 is 2.78. The van der Waals surface area contributed by atoms with Crippen molar-refractivity contribution in [2.45, 2.75) is 13.1 Å². The highest BCUT2D eigenvalue weighted by molar-refractivity contribution is 6.30. The van der Waals surface area contributed by atoms with Crippen molar-refractivity contribution in [3.05, 3.63) is 69.9 Å². The fourth-order valence-electron chi connectivity index (χ4n) is 2.50. The highest BCUT2D eigenvalue weighted by Gasteiger charge is 2.12. The second-order valence-electron chi connectivity index (χ2n) is 5.87. The van der Waals surface area contributed by atoms with Crippen LogP contribution in [0.2, 0.25) is 5.02 Å². The van der Waals surface area contributed by atoms with Crippen LogP contribution < -0.4 is 16.3 Å². The van der Waals surface area contributed by atoms with Crippen LogP contribution in [0.4, 0.5) is 4.79 Å². The lowest BCUT2D eigenvalue weighted by Crippen LogP contribution is -2.38. The van der Waals surface area contributed by atoms with E-state index in [0.717, 1.165) is 11.1 Å². The first-order valence-corrected chi connectivity index (χ1v) is 8.73. The summed E-state index contributed by atoms with van der Waals surface area (Å²) in [4.78, 5) is 28.2. The fraction of sp³-hybridized carbons (Fsp3) is 0.222. The molecule has 3 rings (SSSR count). The molecule has 0 saturated carbocycles. The van der Waals surface area contributed by atoms with Crippen LogP contribution in [0.3, 0.4) is 0 Å². The summed E-state index contributed by atoms with van der Waals surface area (Å²) in [6.07, 6.45) is 3.31.